The van der Waals surface area contributed by atoms with E-state index in [1.165, 1.54) is 0 Å². The number of aliphatic carboxylic acids is 1. The molecule has 0 unspecified atom stereocenters. The number of rotatable bonds is 8. The van der Waals surface area contributed by atoms with Gasteiger partial charge in [0, 0.05) is 0 Å². The van der Waals surface area contributed by atoms with Crippen molar-refractivity contribution in [3.8, 4) is 0 Å². The maximum atomic E-state index is 11.1. The lowest BCUT2D eigenvalue weighted by atomic mass is 10.1. The Balaban J connectivity index is 3.93. The predicted octanol–water partition coefficient (Wildman–Crippen LogP) is -1.10. The van der Waals surface area contributed by atoms with Gasteiger partial charge in [0.1, 0.15) is 6.04 Å². The van der Waals surface area contributed by atoms with Gasteiger partial charge in [0.15, 0.2) is 0 Å². The normalized spacial score (nSPS) is 12.1. The molecule has 0 saturated carbocycles. The number of hydrogen-bond acceptors (Lipinski definition) is 4. The number of carboxylic acid groups (broad SMARTS) is 1. The lowest BCUT2D eigenvalue weighted by Crippen LogP contribution is -2.44. The van der Waals surface area contributed by atoms with Crippen molar-refractivity contribution in [2.75, 3.05) is 20.1 Å². The summed E-state index contributed by atoms with van der Waals surface area (Å²) in [6, 6.07) is -0.808. The second kappa shape index (κ2) is 8.19. The molecule has 0 rings (SSSR count). The van der Waals surface area contributed by atoms with Gasteiger partial charge in [0.2, 0.25) is 5.91 Å². The number of carbonyl (C=O) groups excluding carboxylic acids is 1. The van der Waals surface area contributed by atoms with Crippen LogP contribution < -0.4 is 16.4 Å². The molecule has 88 valence electrons. The zero-order chi connectivity index (χ0) is 11.7. The quantitative estimate of drug-likeness (QED) is 0.386. The van der Waals surface area contributed by atoms with E-state index in [1.54, 1.807) is 7.05 Å². The van der Waals surface area contributed by atoms with E-state index < -0.39 is 12.0 Å². The highest BCUT2D eigenvalue weighted by atomic mass is 16.4. The van der Waals surface area contributed by atoms with Crippen molar-refractivity contribution < 1.29 is 14.7 Å². The summed E-state index contributed by atoms with van der Waals surface area (Å²) in [5.41, 5.74) is 5.30. The fourth-order valence-electron chi connectivity index (χ4n) is 1.16. The molecular formula is C9H19N3O3. The molecule has 5 N–H and O–H groups in total. The second-order valence-corrected chi connectivity index (χ2v) is 3.27. The lowest BCUT2D eigenvalue weighted by Gasteiger charge is -2.13. The monoisotopic (exact) mass is 217 g/mol. The highest BCUT2D eigenvalue weighted by Crippen LogP contribution is 2.00. The molecule has 0 saturated heterocycles. The Morgan fingerprint density at radius 2 is 2.07 bits per heavy atom. The zero-order valence-corrected chi connectivity index (χ0v) is 8.95. The van der Waals surface area contributed by atoms with Crippen LogP contribution in [0.1, 0.15) is 19.3 Å². The number of unbranched alkanes of at least 4 members (excludes halogenated alkanes) is 1. The maximum absolute atomic E-state index is 11.1. The van der Waals surface area contributed by atoms with Crippen LogP contribution in [0.2, 0.25) is 0 Å². The van der Waals surface area contributed by atoms with Gasteiger partial charge in [-0.25, -0.2) is 4.79 Å². The third-order valence-electron chi connectivity index (χ3n) is 1.92. The van der Waals surface area contributed by atoms with Gasteiger partial charge in [-0.05, 0) is 32.9 Å². The Kier molecular flexibility index (Phi) is 7.57. The molecule has 0 aromatic rings. The SMILES string of the molecule is CNCC(=O)N[C@@H](CCCCN)C(=O)O. The first-order valence-electron chi connectivity index (χ1n) is 4.98. The molecule has 0 aliphatic heterocycles. The number of hydrogen-bond donors (Lipinski definition) is 4. The molecule has 0 bridgehead atoms. The van der Waals surface area contributed by atoms with Crippen LogP contribution in [0.4, 0.5) is 0 Å². The fraction of sp³-hybridized carbons (Fsp3) is 0.778. The summed E-state index contributed by atoms with van der Waals surface area (Å²) in [4.78, 5) is 21.9. The smallest absolute Gasteiger partial charge is 0.326 e. The van der Waals surface area contributed by atoms with Gasteiger partial charge < -0.3 is 21.5 Å². The standard InChI is InChI=1S/C9H19N3O3/c1-11-6-8(13)12-7(9(14)15)4-2-3-5-10/h7,11H,2-6,10H2,1H3,(H,12,13)(H,14,15)/t7-/m0/s1. The van der Waals surface area contributed by atoms with Crippen LogP contribution in [0.5, 0.6) is 0 Å². The van der Waals surface area contributed by atoms with E-state index >= 15 is 0 Å². The second-order valence-electron chi connectivity index (χ2n) is 3.27. The number of carboxylic acids is 1. The van der Waals surface area contributed by atoms with Crippen LogP contribution >= 0.6 is 0 Å². The van der Waals surface area contributed by atoms with E-state index in [0.717, 1.165) is 6.42 Å². The van der Waals surface area contributed by atoms with Crippen LogP contribution in [-0.4, -0.2) is 43.2 Å². The van der Waals surface area contributed by atoms with Crippen LogP contribution in [0, 0.1) is 0 Å². The van der Waals surface area contributed by atoms with Crippen LogP contribution in [0.3, 0.4) is 0 Å². The van der Waals surface area contributed by atoms with E-state index in [4.69, 9.17) is 10.8 Å². The van der Waals surface area contributed by atoms with E-state index in [9.17, 15) is 9.59 Å². The third kappa shape index (κ3) is 6.87. The summed E-state index contributed by atoms with van der Waals surface area (Å²) in [5, 5.41) is 13.9. The van der Waals surface area contributed by atoms with Crippen molar-refractivity contribution in [1.82, 2.24) is 10.6 Å². The van der Waals surface area contributed by atoms with E-state index in [-0.39, 0.29) is 12.5 Å². The van der Waals surface area contributed by atoms with Gasteiger partial charge in [-0.1, -0.05) is 0 Å². The first kappa shape index (κ1) is 13.9. The lowest BCUT2D eigenvalue weighted by molar-refractivity contribution is -0.141. The van der Waals surface area contributed by atoms with Crippen molar-refractivity contribution in [2.45, 2.75) is 25.3 Å². The molecule has 1 amide bonds. The number of carbonyl (C=O) groups is 2. The van der Waals surface area contributed by atoms with Gasteiger partial charge in [-0.3, -0.25) is 4.79 Å². The van der Waals surface area contributed by atoms with E-state index in [2.05, 4.69) is 10.6 Å². The Bertz CT molecular complexity index is 209. The zero-order valence-electron chi connectivity index (χ0n) is 8.95. The van der Waals surface area contributed by atoms with Gasteiger partial charge in [-0.15, -0.1) is 0 Å². The van der Waals surface area contributed by atoms with Crippen molar-refractivity contribution in [3.63, 3.8) is 0 Å². The summed E-state index contributed by atoms with van der Waals surface area (Å²) in [6.07, 6.45) is 1.89. The average molecular weight is 217 g/mol. The minimum atomic E-state index is -1.00. The summed E-state index contributed by atoms with van der Waals surface area (Å²) < 4.78 is 0. The molecule has 6 heteroatoms. The topological polar surface area (TPSA) is 104 Å². The van der Waals surface area contributed by atoms with Gasteiger partial charge in [0.25, 0.3) is 0 Å². The predicted molar refractivity (Wildman–Crippen MR) is 56.4 cm³/mol. The van der Waals surface area contributed by atoms with Crippen molar-refractivity contribution in [3.05, 3.63) is 0 Å². The van der Waals surface area contributed by atoms with Crippen LogP contribution in [-0.2, 0) is 9.59 Å². The number of amides is 1. The molecule has 0 aliphatic rings. The van der Waals surface area contributed by atoms with E-state index in [1.807, 2.05) is 0 Å². The van der Waals surface area contributed by atoms with Gasteiger partial charge >= 0.3 is 5.97 Å². The Hall–Kier alpha value is -1.14. The van der Waals surface area contributed by atoms with Gasteiger partial charge in [0.05, 0.1) is 6.54 Å². The Morgan fingerprint density at radius 1 is 1.40 bits per heavy atom. The molecule has 0 aromatic carbocycles. The summed E-state index contributed by atoms with van der Waals surface area (Å²) in [7, 11) is 1.63. The van der Waals surface area contributed by atoms with E-state index in [0.29, 0.717) is 19.4 Å². The number of likely N-dealkylation sites (N-methyl/N-ethyl adjacent to an activating group) is 1. The molecule has 6 nitrogen and oxygen atoms in total. The van der Waals surface area contributed by atoms with Gasteiger partial charge in [-0.2, -0.15) is 0 Å². The molecule has 1 atom stereocenters. The number of nitrogens with one attached hydrogen (secondary N) is 2. The average Bonchev–Trinajstić information content (AvgIpc) is 2.16. The summed E-state index contributed by atoms with van der Waals surface area (Å²) >= 11 is 0. The fourth-order valence-corrected chi connectivity index (χ4v) is 1.16. The Morgan fingerprint density at radius 3 is 2.53 bits per heavy atom. The third-order valence-corrected chi connectivity index (χ3v) is 1.92. The molecule has 0 spiro atoms. The summed E-state index contributed by atoms with van der Waals surface area (Å²) in [6.45, 7) is 0.664. The molecule has 15 heavy (non-hydrogen) atoms. The molecule has 0 aliphatic carbocycles. The van der Waals surface area contributed by atoms with Crippen molar-refractivity contribution in [1.29, 1.82) is 0 Å². The largest absolute Gasteiger partial charge is 0.480 e. The van der Waals surface area contributed by atoms with Crippen molar-refractivity contribution in [2.24, 2.45) is 5.73 Å². The molecule has 0 aromatic heterocycles. The minimum Gasteiger partial charge on any atom is -0.480 e. The minimum absolute atomic E-state index is 0.126. The highest BCUT2D eigenvalue weighted by molar-refractivity contribution is 5.84. The molecule has 0 radical (unpaired) electrons. The van der Waals surface area contributed by atoms with Crippen LogP contribution in [0.15, 0.2) is 0 Å². The van der Waals surface area contributed by atoms with Crippen molar-refractivity contribution >= 4 is 11.9 Å². The molecular weight excluding hydrogens is 198 g/mol. The Labute approximate surface area is 89.2 Å². The summed E-state index contributed by atoms with van der Waals surface area (Å²) in [5.74, 6) is -1.31. The first-order chi connectivity index (χ1) is 7.11. The number of nitrogens with two attached hydrogens (primary N) is 1. The first-order valence-corrected chi connectivity index (χ1v) is 4.98. The highest BCUT2D eigenvalue weighted by Gasteiger charge is 2.18. The molecule has 0 heterocycles. The van der Waals surface area contributed by atoms with Crippen LogP contribution in [0.25, 0.3) is 0 Å². The molecule has 0 fully saturated rings. The maximum Gasteiger partial charge on any atom is 0.326 e.